The highest BCUT2D eigenvalue weighted by molar-refractivity contribution is 6.32. The predicted molar refractivity (Wildman–Crippen MR) is 76.7 cm³/mol. The monoisotopic (exact) mass is 267 g/mol. The summed E-state index contributed by atoms with van der Waals surface area (Å²) in [6.07, 6.45) is 5.10. The molecule has 100 valence electrons. The van der Waals surface area contributed by atoms with Crippen molar-refractivity contribution in [1.29, 1.82) is 0 Å². The van der Waals surface area contributed by atoms with Gasteiger partial charge in [0.05, 0.1) is 12.1 Å². The van der Waals surface area contributed by atoms with Crippen LogP contribution in [0.5, 0.6) is 5.75 Å². The highest BCUT2D eigenvalue weighted by Crippen LogP contribution is 2.44. The van der Waals surface area contributed by atoms with Crippen molar-refractivity contribution >= 4 is 11.6 Å². The van der Waals surface area contributed by atoms with E-state index >= 15 is 0 Å². The van der Waals surface area contributed by atoms with E-state index in [1.54, 1.807) is 7.11 Å². The first kappa shape index (κ1) is 13.7. The Hall–Kier alpha value is -0.730. The highest BCUT2D eigenvalue weighted by atomic mass is 35.5. The van der Waals surface area contributed by atoms with Gasteiger partial charge in [-0.1, -0.05) is 18.0 Å². The first-order valence-corrected chi connectivity index (χ1v) is 6.96. The fraction of sp³-hybridized carbons (Fsp3) is 0.600. The van der Waals surface area contributed by atoms with Crippen molar-refractivity contribution in [2.45, 2.75) is 32.6 Å². The van der Waals surface area contributed by atoms with Crippen molar-refractivity contribution < 1.29 is 4.74 Å². The Bertz CT molecular complexity index is 427. The van der Waals surface area contributed by atoms with E-state index in [0.717, 1.165) is 23.7 Å². The summed E-state index contributed by atoms with van der Waals surface area (Å²) < 4.78 is 5.25. The van der Waals surface area contributed by atoms with Crippen LogP contribution in [0.4, 0.5) is 0 Å². The fourth-order valence-corrected chi connectivity index (χ4v) is 3.18. The third-order valence-corrected chi connectivity index (χ3v) is 4.44. The maximum atomic E-state index is 6.23. The number of rotatable bonds is 5. The van der Waals surface area contributed by atoms with Gasteiger partial charge in [-0.15, -0.1) is 0 Å². The Morgan fingerprint density at radius 1 is 1.39 bits per heavy atom. The molecule has 18 heavy (non-hydrogen) atoms. The Morgan fingerprint density at radius 2 is 2.11 bits per heavy atom. The summed E-state index contributed by atoms with van der Waals surface area (Å²) in [6, 6.07) is 4.12. The average Bonchev–Trinajstić information content (AvgIpc) is 2.30. The van der Waals surface area contributed by atoms with E-state index in [2.05, 4.69) is 18.3 Å². The number of hydrogen-bond donors (Lipinski definition) is 1. The van der Waals surface area contributed by atoms with Crippen molar-refractivity contribution in [3.63, 3.8) is 0 Å². The number of benzene rings is 1. The van der Waals surface area contributed by atoms with Gasteiger partial charge in [0.2, 0.25) is 0 Å². The van der Waals surface area contributed by atoms with E-state index < -0.39 is 0 Å². The van der Waals surface area contributed by atoms with Crippen LogP contribution < -0.4 is 10.1 Å². The van der Waals surface area contributed by atoms with Crippen LogP contribution in [-0.2, 0) is 6.42 Å². The lowest BCUT2D eigenvalue weighted by Gasteiger charge is -2.42. The van der Waals surface area contributed by atoms with E-state index in [1.165, 1.54) is 30.4 Å². The van der Waals surface area contributed by atoms with Crippen molar-refractivity contribution in [2.24, 2.45) is 5.41 Å². The molecule has 2 rings (SSSR count). The van der Waals surface area contributed by atoms with Crippen LogP contribution >= 0.6 is 11.6 Å². The van der Waals surface area contributed by atoms with Gasteiger partial charge in [0, 0.05) is 6.54 Å². The average molecular weight is 268 g/mol. The lowest BCUT2D eigenvalue weighted by molar-refractivity contribution is 0.133. The number of nitrogens with one attached hydrogen (secondary N) is 1. The zero-order valence-electron chi connectivity index (χ0n) is 11.5. The summed E-state index contributed by atoms with van der Waals surface area (Å²) in [4.78, 5) is 0. The van der Waals surface area contributed by atoms with Crippen LogP contribution in [0.2, 0.25) is 5.02 Å². The molecule has 0 aliphatic heterocycles. The molecule has 0 unspecified atom stereocenters. The molecule has 0 amide bonds. The molecular formula is C15H22ClNO. The quantitative estimate of drug-likeness (QED) is 0.880. The zero-order valence-corrected chi connectivity index (χ0v) is 12.2. The summed E-state index contributed by atoms with van der Waals surface area (Å²) in [7, 11) is 3.70. The molecule has 1 fully saturated rings. The zero-order chi connectivity index (χ0) is 13.2. The fourth-order valence-electron chi connectivity index (χ4n) is 2.91. The summed E-state index contributed by atoms with van der Waals surface area (Å²) >= 11 is 6.23. The van der Waals surface area contributed by atoms with Gasteiger partial charge < -0.3 is 10.1 Å². The molecule has 0 saturated heterocycles. The lowest BCUT2D eigenvalue weighted by Crippen LogP contribution is -2.40. The molecule has 0 aromatic heterocycles. The summed E-state index contributed by atoms with van der Waals surface area (Å²) in [5, 5.41) is 4.05. The van der Waals surface area contributed by atoms with Crippen LogP contribution in [0.1, 0.15) is 30.4 Å². The van der Waals surface area contributed by atoms with Crippen LogP contribution in [0.15, 0.2) is 12.1 Å². The molecule has 0 radical (unpaired) electrons. The number of ether oxygens (including phenoxy) is 1. The maximum absolute atomic E-state index is 6.23. The SMILES string of the molecule is CNCC1(Cc2cc(Cl)c(OC)cc2C)CCC1. The normalized spacial score (nSPS) is 17.3. The smallest absolute Gasteiger partial charge is 0.137 e. The molecule has 1 saturated carbocycles. The lowest BCUT2D eigenvalue weighted by atomic mass is 9.65. The molecule has 0 bridgehead atoms. The number of aryl methyl sites for hydroxylation is 1. The van der Waals surface area contributed by atoms with Gasteiger partial charge in [0.25, 0.3) is 0 Å². The van der Waals surface area contributed by atoms with Gasteiger partial charge in [-0.25, -0.2) is 0 Å². The van der Waals surface area contributed by atoms with E-state index in [-0.39, 0.29) is 0 Å². The van der Waals surface area contributed by atoms with Crippen LogP contribution in [0.3, 0.4) is 0 Å². The Kier molecular flexibility index (Phi) is 4.18. The molecule has 1 aromatic rings. The van der Waals surface area contributed by atoms with Crippen LogP contribution in [0, 0.1) is 12.3 Å². The molecule has 0 heterocycles. The second-order valence-corrected chi connectivity index (χ2v) is 5.88. The van der Waals surface area contributed by atoms with E-state index in [0.29, 0.717) is 5.41 Å². The van der Waals surface area contributed by atoms with Gasteiger partial charge >= 0.3 is 0 Å². The highest BCUT2D eigenvalue weighted by Gasteiger charge is 2.36. The molecule has 1 aliphatic rings. The minimum Gasteiger partial charge on any atom is -0.495 e. The van der Waals surface area contributed by atoms with E-state index in [9.17, 15) is 0 Å². The van der Waals surface area contributed by atoms with Crippen LogP contribution in [0.25, 0.3) is 0 Å². The van der Waals surface area contributed by atoms with Crippen molar-refractivity contribution in [1.82, 2.24) is 5.32 Å². The largest absolute Gasteiger partial charge is 0.495 e. The number of halogens is 1. The summed E-state index contributed by atoms with van der Waals surface area (Å²) in [6.45, 7) is 3.23. The molecule has 1 aliphatic carbocycles. The first-order chi connectivity index (χ1) is 8.60. The summed E-state index contributed by atoms with van der Waals surface area (Å²) in [5.74, 6) is 0.772. The Labute approximate surface area is 115 Å². The maximum Gasteiger partial charge on any atom is 0.137 e. The minimum atomic E-state index is 0.442. The van der Waals surface area contributed by atoms with Crippen molar-refractivity contribution in [3.05, 3.63) is 28.3 Å². The Balaban J connectivity index is 2.21. The molecule has 3 heteroatoms. The Morgan fingerprint density at radius 3 is 2.61 bits per heavy atom. The standard InChI is InChI=1S/C15H22ClNO/c1-11-7-14(18-3)13(16)8-12(11)9-15(10-17-2)5-4-6-15/h7-8,17H,4-6,9-10H2,1-3H3. The van der Waals surface area contributed by atoms with E-state index in [1.807, 2.05) is 13.1 Å². The van der Waals surface area contributed by atoms with E-state index in [4.69, 9.17) is 16.3 Å². The second-order valence-electron chi connectivity index (χ2n) is 5.47. The molecule has 1 N–H and O–H groups in total. The van der Waals surface area contributed by atoms with Gasteiger partial charge in [0.15, 0.2) is 0 Å². The second kappa shape index (κ2) is 5.50. The molecule has 2 nitrogen and oxygen atoms in total. The molecule has 0 spiro atoms. The van der Waals surface area contributed by atoms with Crippen molar-refractivity contribution in [3.8, 4) is 5.75 Å². The third kappa shape index (κ3) is 2.65. The van der Waals surface area contributed by atoms with Crippen molar-refractivity contribution in [2.75, 3.05) is 20.7 Å². The number of methoxy groups -OCH3 is 1. The van der Waals surface area contributed by atoms with Crippen LogP contribution in [-0.4, -0.2) is 20.7 Å². The van der Waals surface area contributed by atoms with Gasteiger partial charge in [-0.05, 0) is 61.9 Å². The van der Waals surface area contributed by atoms with Gasteiger partial charge in [-0.3, -0.25) is 0 Å². The minimum absolute atomic E-state index is 0.442. The first-order valence-electron chi connectivity index (χ1n) is 6.58. The molecule has 1 aromatic carbocycles. The van der Waals surface area contributed by atoms with Gasteiger partial charge in [0.1, 0.15) is 5.75 Å². The molecular weight excluding hydrogens is 246 g/mol. The molecule has 0 atom stereocenters. The van der Waals surface area contributed by atoms with Gasteiger partial charge in [-0.2, -0.15) is 0 Å². The third-order valence-electron chi connectivity index (χ3n) is 4.14. The number of hydrogen-bond acceptors (Lipinski definition) is 2. The topological polar surface area (TPSA) is 21.3 Å². The predicted octanol–water partition coefficient (Wildman–Crippen LogP) is 3.59. The summed E-state index contributed by atoms with van der Waals surface area (Å²) in [5.41, 5.74) is 3.08.